The minimum Gasteiger partial charge on any atom is -0.492 e. The van der Waals surface area contributed by atoms with Crippen LogP contribution in [-0.2, 0) is 11.2 Å². The van der Waals surface area contributed by atoms with Crippen LogP contribution in [0.1, 0.15) is 46.3 Å². The first kappa shape index (κ1) is 21.0. The molecule has 29 heavy (non-hydrogen) atoms. The second-order valence-corrected chi connectivity index (χ2v) is 6.96. The molecule has 2 N–H and O–H groups in total. The summed E-state index contributed by atoms with van der Waals surface area (Å²) in [6, 6.07) is 7.17. The van der Waals surface area contributed by atoms with Gasteiger partial charge < -0.3 is 14.8 Å². The highest BCUT2D eigenvalue weighted by molar-refractivity contribution is 6.12. The molecule has 1 aromatic carbocycles. The van der Waals surface area contributed by atoms with Crippen LogP contribution in [0.3, 0.4) is 0 Å². The Morgan fingerprint density at radius 1 is 1.21 bits per heavy atom. The van der Waals surface area contributed by atoms with Crippen molar-refractivity contribution < 1.29 is 19.1 Å². The zero-order valence-electron chi connectivity index (χ0n) is 17.0. The molecule has 8 nitrogen and oxygen atoms in total. The van der Waals surface area contributed by atoms with E-state index in [9.17, 15) is 9.59 Å². The third-order valence-electron chi connectivity index (χ3n) is 5.01. The lowest BCUT2D eigenvalue weighted by Crippen LogP contribution is -2.31. The minimum atomic E-state index is -0.386. The van der Waals surface area contributed by atoms with Crippen molar-refractivity contribution in [1.29, 1.82) is 0 Å². The van der Waals surface area contributed by atoms with Gasteiger partial charge in [0.05, 0.1) is 12.2 Å². The molecule has 1 amide bonds. The van der Waals surface area contributed by atoms with Gasteiger partial charge in [0.15, 0.2) is 11.5 Å². The van der Waals surface area contributed by atoms with E-state index in [4.69, 9.17) is 9.47 Å². The number of anilines is 1. The molecule has 2 aromatic rings. The van der Waals surface area contributed by atoms with Gasteiger partial charge >= 0.3 is 0 Å². The van der Waals surface area contributed by atoms with Crippen molar-refractivity contribution in [3.63, 3.8) is 0 Å². The van der Waals surface area contributed by atoms with Crippen molar-refractivity contribution in [3.05, 3.63) is 41.2 Å². The highest BCUT2D eigenvalue weighted by Crippen LogP contribution is 2.23. The number of aromatic amines is 1. The maximum atomic E-state index is 12.6. The van der Waals surface area contributed by atoms with Gasteiger partial charge in [0.1, 0.15) is 12.4 Å². The molecule has 8 heteroatoms. The van der Waals surface area contributed by atoms with E-state index in [-0.39, 0.29) is 17.4 Å². The number of amides is 1. The Kier molecular flexibility index (Phi) is 7.37. The molecular formula is C21H28N4O4. The Morgan fingerprint density at radius 3 is 2.69 bits per heavy atom. The maximum Gasteiger partial charge on any atom is 0.276 e. The van der Waals surface area contributed by atoms with Crippen LogP contribution >= 0.6 is 0 Å². The van der Waals surface area contributed by atoms with Crippen LogP contribution in [0.15, 0.2) is 24.3 Å². The molecule has 0 saturated carbocycles. The van der Waals surface area contributed by atoms with E-state index in [0.29, 0.717) is 30.9 Å². The SMILES string of the molecule is CCN(CCOC)CCOc1ccc(NC(=O)c2n[nH]c3c2C(=O)CCC3)cc1. The molecule has 0 unspecified atom stereocenters. The van der Waals surface area contributed by atoms with Gasteiger partial charge in [-0.25, -0.2) is 0 Å². The van der Waals surface area contributed by atoms with Crippen LogP contribution in [0.2, 0.25) is 0 Å². The Hall–Kier alpha value is -2.71. The van der Waals surface area contributed by atoms with Crippen molar-refractivity contribution in [1.82, 2.24) is 15.1 Å². The van der Waals surface area contributed by atoms with Crippen LogP contribution in [-0.4, -0.2) is 66.7 Å². The number of ether oxygens (including phenoxy) is 2. The number of aromatic nitrogens is 2. The number of fused-ring (bicyclic) bond motifs is 1. The van der Waals surface area contributed by atoms with E-state index in [1.54, 1.807) is 19.2 Å². The number of likely N-dealkylation sites (N-methyl/N-ethyl adjacent to an activating group) is 1. The summed E-state index contributed by atoms with van der Waals surface area (Å²) in [4.78, 5) is 26.9. The van der Waals surface area contributed by atoms with E-state index in [2.05, 4.69) is 27.3 Å². The highest BCUT2D eigenvalue weighted by Gasteiger charge is 2.27. The zero-order chi connectivity index (χ0) is 20.6. The van der Waals surface area contributed by atoms with E-state index < -0.39 is 0 Å². The summed E-state index contributed by atoms with van der Waals surface area (Å²) >= 11 is 0. The highest BCUT2D eigenvalue weighted by atomic mass is 16.5. The van der Waals surface area contributed by atoms with Gasteiger partial charge in [0.25, 0.3) is 5.91 Å². The molecule has 1 heterocycles. The lowest BCUT2D eigenvalue weighted by atomic mass is 9.94. The fraction of sp³-hybridized carbons (Fsp3) is 0.476. The predicted molar refractivity (Wildman–Crippen MR) is 110 cm³/mol. The molecule has 0 aliphatic heterocycles. The van der Waals surface area contributed by atoms with E-state index in [1.807, 2.05) is 12.1 Å². The fourth-order valence-electron chi connectivity index (χ4n) is 3.34. The Morgan fingerprint density at radius 2 is 1.97 bits per heavy atom. The summed E-state index contributed by atoms with van der Waals surface area (Å²) in [5.41, 5.74) is 1.97. The van der Waals surface area contributed by atoms with Gasteiger partial charge in [-0.3, -0.25) is 19.6 Å². The summed E-state index contributed by atoms with van der Waals surface area (Å²) < 4.78 is 10.9. The van der Waals surface area contributed by atoms with E-state index in [1.165, 1.54) is 0 Å². The average Bonchev–Trinajstić information content (AvgIpc) is 3.17. The predicted octanol–water partition coefficient (Wildman–Crippen LogP) is 2.53. The molecule has 1 aliphatic carbocycles. The van der Waals surface area contributed by atoms with Crippen molar-refractivity contribution in [2.75, 3.05) is 45.3 Å². The Labute approximate surface area is 170 Å². The Bertz CT molecular complexity index is 832. The molecule has 0 fully saturated rings. The van der Waals surface area contributed by atoms with Gasteiger partial charge in [0, 0.05) is 38.0 Å². The normalized spacial score (nSPS) is 13.4. The lowest BCUT2D eigenvalue weighted by molar-refractivity contribution is 0.0955. The number of H-pyrrole nitrogens is 1. The number of nitrogens with zero attached hydrogens (tertiary/aromatic N) is 2. The second-order valence-electron chi connectivity index (χ2n) is 6.96. The van der Waals surface area contributed by atoms with Crippen LogP contribution in [0.25, 0.3) is 0 Å². The third kappa shape index (κ3) is 5.42. The Balaban J connectivity index is 1.52. The van der Waals surface area contributed by atoms with Crippen LogP contribution < -0.4 is 10.1 Å². The van der Waals surface area contributed by atoms with Crippen molar-refractivity contribution in [2.24, 2.45) is 0 Å². The quantitative estimate of drug-likeness (QED) is 0.636. The van der Waals surface area contributed by atoms with Crippen molar-refractivity contribution in [2.45, 2.75) is 26.2 Å². The molecule has 0 bridgehead atoms. The first-order chi connectivity index (χ1) is 14.1. The molecule has 0 atom stereocenters. The molecule has 0 radical (unpaired) electrons. The second kappa shape index (κ2) is 10.2. The number of benzene rings is 1. The topological polar surface area (TPSA) is 96.6 Å². The van der Waals surface area contributed by atoms with Gasteiger partial charge in [0.2, 0.25) is 0 Å². The molecule has 1 aliphatic rings. The molecule has 156 valence electrons. The van der Waals surface area contributed by atoms with E-state index in [0.717, 1.165) is 43.9 Å². The first-order valence-corrected chi connectivity index (χ1v) is 9.98. The summed E-state index contributed by atoms with van der Waals surface area (Å²) in [5, 5.41) is 9.67. The summed E-state index contributed by atoms with van der Waals surface area (Å²) in [6.07, 6.45) is 1.99. The minimum absolute atomic E-state index is 0.0273. The summed E-state index contributed by atoms with van der Waals surface area (Å²) in [5.74, 6) is 0.321. The number of methoxy groups -OCH3 is 1. The molecular weight excluding hydrogens is 372 g/mol. The third-order valence-corrected chi connectivity index (χ3v) is 5.01. The molecule has 3 rings (SSSR count). The maximum absolute atomic E-state index is 12.6. The largest absolute Gasteiger partial charge is 0.492 e. The first-order valence-electron chi connectivity index (χ1n) is 9.98. The number of hydrogen-bond donors (Lipinski definition) is 2. The number of rotatable bonds is 10. The zero-order valence-corrected chi connectivity index (χ0v) is 17.0. The molecule has 0 spiro atoms. The van der Waals surface area contributed by atoms with Gasteiger partial charge in [-0.2, -0.15) is 5.10 Å². The summed E-state index contributed by atoms with van der Waals surface area (Å²) in [6.45, 7) is 6.02. The van der Waals surface area contributed by atoms with Crippen LogP contribution in [0, 0.1) is 0 Å². The van der Waals surface area contributed by atoms with E-state index >= 15 is 0 Å². The van der Waals surface area contributed by atoms with Crippen molar-refractivity contribution >= 4 is 17.4 Å². The number of ketones is 1. The van der Waals surface area contributed by atoms with Gasteiger partial charge in [-0.05, 0) is 43.7 Å². The number of Topliss-reactive ketones (excluding diaryl/α,β-unsaturated/α-hetero) is 1. The monoisotopic (exact) mass is 400 g/mol. The lowest BCUT2D eigenvalue weighted by Gasteiger charge is -2.19. The number of carbonyl (C=O) groups excluding carboxylic acids is 2. The number of hydrogen-bond acceptors (Lipinski definition) is 6. The number of nitrogens with one attached hydrogen (secondary N) is 2. The molecule has 0 saturated heterocycles. The average molecular weight is 400 g/mol. The van der Waals surface area contributed by atoms with Crippen LogP contribution in [0.5, 0.6) is 5.75 Å². The van der Waals surface area contributed by atoms with Crippen molar-refractivity contribution in [3.8, 4) is 5.75 Å². The number of aryl methyl sites for hydroxylation is 1. The summed E-state index contributed by atoms with van der Waals surface area (Å²) in [7, 11) is 1.70. The number of carbonyl (C=O) groups is 2. The van der Waals surface area contributed by atoms with Crippen LogP contribution in [0.4, 0.5) is 5.69 Å². The molecule has 1 aromatic heterocycles. The van der Waals surface area contributed by atoms with Gasteiger partial charge in [-0.15, -0.1) is 0 Å². The van der Waals surface area contributed by atoms with Gasteiger partial charge in [-0.1, -0.05) is 6.92 Å². The standard InChI is InChI=1S/C21H28N4O4/c1-3-25(11-13-28-2)12-14-29-16-9-7-15(8-10-16)22-21(27)20-19-17(23-24-20)5-4-6-18(19)26/h7-10H,3-6,11-14H2,1-2H3,(H,22,27)(H,23,24). The fourth-order valence-corrected chi connectivity index (χ4v) is 3.34. The smallest absolute Gasteiger partial charge is 0.276 e.